The Hall–Kier alpha value is -3.04. The van der Waals surface area contributed by atoms with E-state index in [1.165, 1.54) is 24.3 Å². The molecule has 0 unspecified atom stereocenters. The van der Waals surface area contributed by atoms with E-state index in [2.05, 4.69) is 16.6 Å². The Kier molecular flexibility index (Phi) is 6.38. The van der Waals surface area contributed by atoms with Crippen molar-refractivity contribution in [3.05, 3.63) is 72.3 Å². The van der Waals surface area contributed by atoms with E-state index in [1.807, 2.05) is 0 Å². The average Bonchev–Trinajstić information content (AvgIpc) is 2.60. The van der Waals surface area contributed by atoms with Gasteiger partial charge in [-0.15, -0.1) is 0 Å². The molecule has 6 heteroatoms. The fourth-order valence-electron chi connectivity index (χ4n) is 1.90. The molecule has 2 aromatic rings. The lowest BCUT2D eigenvalue weighted by Gasteiger charge is -2.08. The monoisotopic (exact) mass is 355 g/mol. The van der Waals surface area contributed by atoms with Gasteiger partial charge in [-0.05, 0) is 43.3 Å². The van der Waals surface area contributed by atoms with Crippen LogP contribution in [0.4, 0.5) is 5.69 Å². The number of esters is 1. The second-order valence-electron chi connectivity index (χ2n) is 4.85. The van der Waals surface area contributed by atoms with Crippen LogP contribution in [0, 0.1) is 11.8 Å². The van der Waals surface area contributed by atoms with Gasteiger partial charge in [0, 0.05) is 11.6 Å². The van der Waals surface area contributed by atoms with Crippen LogP contribution < -0.4 is 4.72 Å². The van der Waals surface area contributed by atoms with Crippen LogP contribution in [0.25, 0.3) is 0 Å². The van der Waals surface area contributed by atoms with Crippen LogP contribution in [0.1, 0.15) is 12.5 Å². The largest absolute Gasteiger partial charge is 0.463 e. The number of hydrogen-bond donors (Lipinski definition) is 1. The minimum atomic E-state index is -3.65. The first kappa shape index (κ1) is 18.3. The number of sulfonamides is 1. The van der Waals surface area contributed by atoms with Crippen molar-refractivity contribution in [1.82, 2.24) is 0 Å². The maximum atomic E-state index is 12.3. The molecular weight excluding hydrogens is 338 g/mol. The molecule has 0 aliphatic rings. The van der Waals surface area contributed by atoms with Gasteiger partial charge in [0.15, 0.2) is 0 Å². The van der Waals surface area contributed by atoms with Crippen molar-refractivity contribution in [3.63, 3.8) is 0 Å². The molecule has 0 atom stereocenters. The third-order valence-corrected chi connectivity index (χ3v) is 4.37. The van der Waals surface area contributed by atoms with Gasteiger partial charge in [-0.1, -0.05) is 36.1 Å². The Balaban J connectivity index is 2.11. The zero-order valence-electron chi connectivity index (χ0n) is 13.6. The summed E-state index contributed by atoms with van der Waals surface area (Å²) in [6.45, 7) is 2.03. The highest BCUT2D eigenvalue weighted by atomic mass is 32.2. The Bertz CT molecular complexity index is 923. The van der Waals surface area contributed by atoms with Crippen molar-refractivity contribution >= 4 is 21.7 Å². The second-order valence-corrected chi connectivity index (χ2v) is 6.54. The lowest BCUT2D eigenvalue weighted by molar-refractivity contribution is -0.137. The van der Waals surface area contributed by atoms with Gasteiger partial charge in [0.2, 0.25) is 0 Å². The summed E-state index contributed by atoms with van der Waals surface area (Å²) in [4.78, 5) is 11.3. The lowest BCUT2D eigenvalue weighted by atomic mass is 10.2. The van der Waals surface area contributed by atoms with E-state index in [9.17, 15) is 13.2 Å². The maximum absolute atomic E-state index is 12.3. The molecule has 0 amide bonds. The van der Waals surface area contributed by atoms with Crippen LogP contribution in [0.15, 0.2) is 71.6 Å². The summed E-state index contributed by atoms with van der Waals surface area (Å²) in [5.41, 5.74) is 1.02. The molecule has 0 saturated heterocycles. The molecule has 0 aliphatic carbocycles. The van der Waals surface area contributed by atoms with Crippen molar-refractivity contribution in [3.8, 4) is 11.8 Å². The standard InChI is InChI=1S/C19H17NO4S/c1-2-24-19(21)14-7-6-9-16-10-8-11-17(15-16)20-25(22,23)18-12-4-3-5-13-18/h3-5,7-8,10-15,20H,2H2,1H3. The molecule has 0 heterocycles. The fourth-order valence-corrected chi connectivity index (χ4v) is 2.97. The number of nitrogens with one attached hydrogen (secondary N) is 1. The van der Waals surface area contributed by atoms with E-state index in [-0.39, 0.29) is 4.90 Å². The average molecular weight is 355 g/mol. The van der Waals surface area contributed by atoms with E-state index in [0.29, 0.717) is 17.9 Å². The van der Waals surface area contributed by atoms with E-state index in [1.54, 1.807) is 49.4 Å². The summed E-state index contributed by atoms with van der Waals surface area (Å²) in [5, 5.41) is 0. The van der Waals surface area contributed by atoms with Crippen LogP contribution in [0.3, 0.4) is 0 Å². The summed E-state index contributed by atoms with van der Waals surface area (Å²) in [6, 6.07) is 14.8. The summed E-state index contributed by atoms with van der Waals surface area (Å²) in [7, 11) is -3.65. The van der Waals surface area contributed by atoms with Crippen LogP contribution in [-0.2, 0) is 19.6 Å². The van der Waals surface area contributed by atoms with E-state index in [4.69, 9.17) is 4.74 Å². The quantitative estimate of drug-likeness (QED) is 0.508. The summed E-state index contributed by atoms with van der Waals surface area (Å²) in [6.07, 6.45) is 2.62. The highest BCUT2D eigenvalue weighted by Crippen LogP contribution is 2.16. The number of allylic oxidation sites excluding steroid dienone is 1. The zero-order chi connectivity index (χ0) is 18.1. The fraction of sp³-hybridized carbons (Fsp3) is 0.105. The van der Waals surface area contributed by atoms with Gasteiger partial charge in [0.25, 0.3) is 10.0 Å². The van der Waals surface area contributed by atoms with Crippen molar-refractivity contribution in [1.29, 1.82) is 0 Å². The van der Waals surface area contributed by atoms with Gasteiger partial charge in [0.1, 0.15) is 0 Å². The smallest absolute Gasteiger partial charge is 0.331 e. The summed E-state index contributed by atoms with van der Waals surface area (Å²) < 4.78 is 31.9. The van der Waals surface area contributed by atoms with Crippen molar-refractivity contribution in [2.24, 2.45) is 0 Å². The summed E-state index contributed by atoms with van der Waals surface area (Å²) in [5.74, 6) is 5.08. The normalized spacial score (nSPS) is 10.8. The number of anilines is 1. The van der Waals surface area contributed by atoms with Gasteiger partial charge in [-0.3, -0.25) is 4.72 Å². The van der Waals surface area contributed by atoms with Crippen LogP contribution in [0.5, 0.6) is 0 Å². The third kappa shape index (κ3) is 5.83. The molecule has 0 aromatic heterocycles. The van der Waals surface area contributed by atoms with Crippen LogP contribution in [-0.4, -0.2) is 21.0 Å². The molecule has 0 radical (unpaired) electrons. The van der Waals surface area contributed by atoms with Gasteiger partial charge >= 0.3 is 5.97 Å². The number of carbonyl (C=O) groups excluding carboxylic acids is 1. The molecule has 1 N–H and O–H groups in total. The molecule has 0 fully saturated rings. The Morgan fingerprint density at radius 3 is 2.64 bits per heavy atom. The number of ether oxygens (including phenoxy) is 1. The molecule has 5 nitrogen and oxygen atoms in total. The lowest BCUT2D eigenvalue weighted by Crippen LogP contribution is -2.12. The van der Waals surface area contributed by atoms with Crippen LogP contribution in [0.2, 0.25) is 0 Å². The molecule has 0 spiro atoms. The zero-order valence-corrected chi connectivity index (χ0v) is 14.4. The number of hydrogen-bond acceptors (Lipinski definition) is 4. The molecule has 25 heavy (non-hydrogen) atoms. The highest BCUT2D eigenvalue weighted by molar-refractivity contribution is 7.92. The first-order valence-electron chi connectivity index (χ1n) is 7.54. The molecule has 0 saturated carbocycles. The molecule has 0 aliphatic heterocycles. The first-order chi connectivity index (χ1) is 12.0. The number of rotatable bonds is 5. The third-order valence-electron chi connectivity index (χ3n) is 2.97. The maximum Gasteiger partial charge on any atom is 0.331 e. The molecular formula is C19H17NO4S. The predicted octanol–water partition coefficient (Wildman–Crippen LogP) is 2.96. The predicted molar refractivity (Wildman–Crippen MR) is 96.3 cm³/mol. The van der Waals surface area contributed by atoms with E-state index < -0.39 is 16.0 Å². The second kappa shape index (κ2) is 8.71. The van der Waals surface area contributed by atoms with Gasteiger partial charge in [-0.25, -0.2) is 13.2 Å². The summed E-state index contributed by atoms with van der Waals surface area (Å²) >= 11 is 0. The Morgan fingerprint density at radius 2 is 1.92 bits per heavy atom. The minimum absolute atomic E-state index is 0.184. The molecule has 2 rings (SSSR count). The van der Waals surface area contributed by atoms with Crippen LogP contribution >= 0.6 is 0 Å². The Morgan fingerprint density at radius 1 is 1.16 bits per heavy atom. The van der Waals surface area contributed by atoms with Gasteiger partial charge < -0.3 is 4.74 Å². The van der Waals surface area contributed by atoms with Crippen molar-refractivity contribution < 1.29 is 17.9 Å². The number of carbonyl (C=O) groups is 1. The molecule has 0 bridgehead atoms. The Labute approximate surface area is 147 Å². The first-order valence-corrected chi connectivity index (χ1v) is 9.02. The van der Waals surface area contributed by atoms with E-state index in [0.717, 1.165) is 0 Å². The van der Waals surface area contributed by atoms with Gasteiger partial charge in [-0.2, -0.15) is 0 Å². The number of benzene rings is 2. The molecule has 2 aromatic carbocycles. The van der Waals surface area contributed by atoms with E-state index >= 15 is 0 Å². The SMILES string of the molecule is CCOC(=O)C=CC#Cc1cccc(NS(=O)(=O)c2ccccc2)c1. The topological polar surface area (TPSA) is 72.5 Å². The van der Waals surface area contributed by atoms with Gasteiger partial charge in [0.05, 0.1) is 17.2 Å². The minimum Gasteiger partial charge on any atom is -0.463 e. The van der Waals surface area contributed by atoms with Crippen molar-refractivity contribution in [2.75, 3.05) is 11.3 Å². The highest BCUT2D eigenvalue weighted by Gasteiger charge is 2.13. The van der Waals surface area contributed by atoms with Crippen molar-refractivity contribution in [2.45, 2.75) is 11.8 Å². The molecule has 128 valence electrons.